The van der Waals surface area contributed by atoms with Gasteiger partial charge >= 0.3 is 0 Å². The van der Waals surface area contributed by atoms with Crippen LogP contribution in [0.15, 0.2) is 18.6 Å². The van der Waals surface area contributed by atoms with Crippen LogP contribution in [0.2, 0.25) is 0 Å². The summed E-state index contributed by atoms with van der Waals surface area (Å²) in [5.74, 6) is 1.08. The molecule has 2 aliphatic heterocycles. The number of rotatable bonds is 5. The number of ether oxygens (including phenoxy) is 1. The maximum Gasteiger partial charge on any atom is 0.219 e. The average molecular weight is 472 g/mol. The number of morpholine rings is 1. The van der Waals surface area contributed by atoms with Crippen LogP contribution in [0, 0.1) is 6.92 Å². The van der Waals surface area contributed by atoms with Gasteiger partial charge in [-0.3, -0.25) is 9.30 Å². The van der Waals surface area contributed by atoms with Crippen molar-refractivity contribution in [3.63, 3.8) is 0 Å². The molecule has 1 atom stereocenters. The van der Waals surface area contributed by atoms with Crippen LogP contribution in [-0.4, -0.2) is 96.5 Å². The maximum atomic E-state index is 11.8. The smallest absolute Gasteiger partial charge is 0.219 e. The summed E-state index contributed by atoms with van der Waals surface area (Å²) in [6.45, 7) is 9.06. The van der Waals surface area contributed by atoms with E-state index in [0.717, 1.165) is 79.9 Å². The second kappa shape index (κ2) is 9.29. The average Bonchev–Trinajstić information content (AvgIpc) is 3.15. The highest BCUT2D eigenvalue weighted by molar-refractivity contribution is 7.81. The zero-order valence-corrected chi connectivity index (χ0v) is 19.8. The van der Waals surface area contributed by atoms with Gasteiger partial charge in [-0.05, 0) is 6.92 Å². The monoisotopic (exact) mass is 471 g/mol. The summed E-state index contributed by atoms with van der Waals surface area (Å²) >= 11 is 0. The molecule has 11 nitrogen and oxygen atoms in total. The van der Waals surface area contributed by atoms with Crippen LogP contribution in [0.5, 0.6) is 0 Å². The molecule has 33 heavy (non-hydrogen) atoms. The number of nitrogens with zero attached hydrogens (tertiary/aromatic N) is 8. The highest BCUT2D eigenvalue weighted by Gasteiger charge is 2.24. The normalized spacial score (nSPS) is 19.3. The fourth-order valence-electron chi connectivity index (χ4n) is 4.29. The lowest BCUT2D eigenvalue weighted by molar-refractivity contribution is 0.122. The van der Waals surface area contributed by atoms with E-state index in [4.69, 9.17) is 20.4 Å². The van der Waals surface area contributed by atoms with Crippen LogP contribution in [0.4, 0.5) is 11.8 Å². The molecule has 2 aliphatic rings. The van der Waals surface area contributed by atoms with Crippen molar-refractivity contribution >= 4 is 28.4 Å². The molecule has 1 unspecified atom stereocenters. The van der Waals surface area contributed by atoms with E-state index in [1.807, 2.05) is 10.5 Å². The van der Waals surface area contributed by atoms with E-state index in [2.05, 4.69) is 31.1 Å². The van der Waals surface area contributed by atoms with Crippen LogP contribution in [0.3, 0.4) is 0 Å². The molecule has 0 aromatic carbocycles. The second-order valence-electron chi connectivity index (χ2n) is 8.35. The SMILES string of the molecule is Cc1c(CN2CCN(S(C)=O)CC2)nc2c(N3CCOCC3)nc(-c3cnc(N)nc3)cn12. The molecule has 12 heteroatoms. The molecule has 0 radical (unpaired) electrons. The number of nitrogen functional groups attached to an aromatic ring is 1. The highest BCUT2D eigenvalue weighted by Crippen LogP contribution is 2.28. The number of hydrogen-bond acceptors (Lipinski definition) is 9. The van der Waals surface area contributed by atoms with Crippen LogP contribution < -0.4 is 10.6 Å². The minimum atomic E-state index is -0.914. The first-order valence-electron chi connectivity index (χ1n) is 11.1. The molecule has 3 aromatic rings. The lowest BCUT2D eigenvalue weighted by atomic mass is 10.2. The Morgan fingerprint density at radius 1 is 1.06 bits per heavy atom. The largest absolute Gasteiger partial charge is 0.378 e. The fraction of sp³-hybridized carbons (Fsp3) is 0.524. The number of aryl methyl sites for hydroxylation is 1. The third-order valence-corrected chi connectivity index (χ3v) is 7.36. The van der Waals surface area contributed by atoms with Crippen LogP contribution in [0.1, 0.15) is 11.4 Å². The van der Waals surface area contributed by atoms with Crippen molar-refractivity contribution in [1.82, 2.24) is 33.5 Å². The molecule has 2 N–H and O–H groups in total. The van der Waals surface area contributed by atoms with Crippen molar-refractivity contribution in [3.8, 4) is 11.3 Å². The van der Waals surface area contributed by atoms with Crippen molar-refractivity contribution in [3.05, 3.63) is 30.0 Å². The van der Waals surface area contributed by atoms with Gasteiger partial charge < -0.3 is 15.4 Å². The van der Waals surface area contributed by atoms with Gasteiger partial charge in [0.05, 0.1) is 35.6 Å². The van der Waals surface area contributed by atoms with Gasteiger partial charge in [0.1, 0.15) is 0 Å². The van der Waals surface area contributed by atoms with E-state index < -0.39 is 11.0 Å². The highest BCUT2D eigenvalue weighted by atomic mass is 32.2. The Morgan fingerprint density at radius 3 is 2.42 bits per heavy atom. The van der Waals surface area contributed by atoms with Crippen molar-refractivity contribution in [2.24, 2.45) is 0 Å². The minimum Gasteiger partial charge on any atom is -0.378 e. The first-order chi connectivity index (χ1) is 16.0. The molecule has 0 aliphatic carbocycles. The Morgan fingerprint density at radius 2 is 1.76 bits per heavy atom. The lowest BCUT2D eigenvalue weighted by Gasteiger charge is -2.32. The zero-order valence-electron chi connectivity index (χ0n) is 19.0. The first-order valence-corrected chi connectivity index (χ1v) is 12.6. The number of imidazole rings is 1. The molecule has 0 bridgehead atoms. The second-order valence-corrected chi connectivity index (χ2v) is 9.71. The minimum absolute atomic E-state index is 0.237. The number of fused-ring (bicyclic) bond motifs is 1. The van der Waals surface area contributed by atoms with Crippen LogP contribution in [-0.2, 0) is 22.3 Å². The molecule has 2 fully saturated rings. The topological polar surface area (TPSA) is 118 Å². The molecule has 3 aromatic heterocycles. The summed E-state index contributed by atoms with van der Waals surface area (Å²) in [6.07, 6.45) is 7.14. The maximum absolute atomic E-state index is 11.8. The third kappa shape index (κ3) is 4.56. The quantitative estimate of drug-likeness (QED) is 0.561. The number of aromatic nitrogens is 5. The molecule has 2 saturated heterocycles. The summed E-state index contributed by atoms with van der Waals surface area (Å²) < 4.78 is 21.4. The van der Waals surface area contributed by atoms with Crippen molar-refractivity contribution in [2.75, 3.05) is 69.4 Å². The summed E-state index contributed by atoms with van der Waals surface area (Å²) in [6, 6.07) is 0. The van der Waals surface area contributed by atoms with Gasteiger partial charge in [-0.15, -0.1) is 0 Å². The van der Waals surface area contributed by atoms with Gasteiger partial charge in [0, 0.05) is 81.9 Å². The van der Waals surface area contributed by atoms with E-state index in [1.54, 1.807) is 18.6 Å². The van der Waals surface area contributed by atoms with Crippen molar-refractivity contribution < 1.29 is 8.95 Å². The van der Waals surface area contributed by atoms with E-state index in [-0.39, 0.29) is 5.95 Å². The summed E-state index contributed by atoms with van der Waals surface area (Å²) in [4.78, 5) is 22.9. The lowest BCUT2D eigenvalue weighted by Crippen LogP contribution is -2.46. The van der Waals surface area contributed by atoms with Crippen molar-refractivity contribution in [1.29, 1.82) is 0 Å². The zero-order chi connectivity index (χ0) is 22.9. The fourth-order valence-corrected chi connectivity index (χ4v) is 4.97. The number of piperazine rings is 1. The predicted molar refractivity (Wildman–Crippen MR) is 127 cm³/mol. The van der Waals surface area contributed by atoms with Crippen LogP contribution in [0.25, 0.3) is 16.9 Å². The van der Waals surface area contributed by atoms with E-state index in [1.165, 1.54) is 0 Å². The summed E-state index contributed by atoms with van der Waals surface area (Å²) in [5.41, 5.74) is 10.2. The first kappa shape index (κ1) is 22.1. The van der Waals surface area contributed by atoms with Crippen molar-refractivity contribution in [2.45, 2.75) is 13.5 Å². The number of nitrogens with two attached hydrogens (primary N) is 1. The Kier molecular flexibility index (Phi) is 6.23. The predicted octanol–water partition coefficient (Wildman–Crippen LogP) is 0.325. The molecule has 176 valence electrons. The molecular formula is C21H29N9O2S. The molecule has 0 amide bonds. The van der Waals surface area contributed by atoms with Gasteiger partial charge in [0.15, 0.2) is 11.5 Å². The third-order valence-electron chi connectivity index (χ3n) is 6.27. The molecular weight excluding hydrogens is 442 g/mol. The van der Waals surface area contributed by atoms with Crippen LogP contribution >= 0.6 is 0 Å². The van der Waals surface area contributed by atoms with Gasteiger partial charge in [-0.2, -0.15) is 0 Å². The summed E-state index contributed by atoms with van der Waals surface area (Å²) in [5, 5.41) is 0. The van der Waals surface area contributed by atoms with E-state index in [0.29, 0.717) is 13.2 Å². The van der Waals surface area contributed by atoms with Gasteiger partial charge in [0.25, 0.3) is 0 Å². The molecule has 0 saturated carbocycles. The van der Waals surface area contributed by atoms with Gasteiger partial charge in [0.2, 0.25) is 5.95 Å². The van der Waals surface area contributed by atoms with E-state index in [9.17, 15) is 4.21 Å². The van der Waals surface area contributed by atoms with Gasteiger partial charge in [-0.1, -0.05) is 0 Å². The van der Waals surface area contributed by atoms with E-state index >= 15 is 0 Å². The molecule has 5 heterocycles. The Hall–Kier alpha value is -2.67. The molecule has 0 spiro atoms. The number of hydrogen-bond donors (Lipinski definition) is 1. The Balaban J connectivity index is 1.51. The summed E-state index contributed by atoms with van der Waals surface area (Å²) in [7, 11) is -0.914. The van der Waals surface area contributed by atoms with Gasteiger partial charge in [-0.25, -0.2) is 28.5 Å². The standard InChI is InChI=1S/C21H29N9O2S/c1-15-17(13-27-3-5-29(6-4-27)33(2)31)25-20-19(28-7-9-32-10-8-28)26-18(14-30(15)20)16-11-23-21(22)24-12-16/h11-12,14H,3-10,13H2,1-2H3,(H2,22,23,24). The number of anilines is 2. The Labute approximate surface area is 195 Å². The Bertz CT molecular complexity index is 1150. The molecule has 5 rings (SSSR count).